The number of piperazine rings is 1. The highest BCUT2D eigenvalue weighted by molar-refractivity contribution is 5.94. The van der Waals surface area contributed by atoms with Gasteiger partial charge in [0.05, 0.1) is 33.3 Å². The van der Waals surface area contributed by atoms with Crippen molar-refractivity contribution in [3.63, 3.8) is 0 Å². The molecule has 1 N–H and O–H groups in total. The predicted octanol–water partition coefficient (Wildman–Crippen LogP) is 2.39. The third-order valence-corrected chi connectivity index (χ3v) is 5.39. The highest BCUT2D eigenvalue weighted by atomic mass is 16.5. The molecule has 0 saturated carbocycles. The first kappa shape index (κ1) is 17.6. The Bertz CT molecular complexity index is 941. The monoisotopic (exact) mass is 361 g/mol. The molecule has 0 atom stereocenters. The van der Waals surface area contributed by atoms with Crippen LogP contribution in [0.3, 0.4) is 0 Å². The molecule has 1 amide bonds. The zero-order valence-corrected chi connectivity index (χ0v) is 15.7. The maximum atomic E-state index is 12.8. The predicted molar refractivity (Wildman–Crippen MR) is 107 cm³/mol. The van der Waals surface area contributed by atoms with E-state index in [1.807, 2.05) is 29.2 Å². The standard InChI is InChI=1S/C23H24N2O2/c1-27-21-10-5-8-19(16-21)23(26)25-14-12-24(13-15-25)17-20-9-4-7-18-6-2-3-11-22(18)20/h2-11,16H,12-15,17H2,1H3/p+1. The highest BCUT2D eigenvalue weighted by Gasteiger charge is 2.25. The van der Waals surface area contributed by atoms with Gasteiger partial charge < -0.3 is 14.5 Å². The molecule has 1 saturated heterocycles. The second-order valence-electron chi connectivity index (χ2n) is 7.09. The number of nitrogens with zero attached hydrogens (tertiary/aromatic N) is 1. The van der Waals surface area contributed by atoms with Gasteiger partial charge in [-0.3, -0.25) is 4.79 Å². The van der Waals surface area contributed by atoms with Gasteiger partial charge in [-0.1, -0.05) is 48.5 Å². The topological polar surface area (TPSA) is 34.0 Å². The van der Waals surface area contributed by atoms with Gasteiger partial charge in [0.1, 0.15) is 12.3 Å². The minimum Gasteiger partial charge on any atom is -0.497 e. The first-order valence-electron chi connectivity index (χ1n) is 9.48. The van der Waals surface area contributed by atoms with Crippen LogP contribution in [-0.4, -0.2) is 44.1 Å². The Morgan fingerprint density at radius 3 is 2.56 bits per heavy atom. The summed E-state index contributed by atoms with van der Waals surface area (Å²) in [5, 5.41) is 2.63. The minimum atomic E-state index is 0.0955. The van der Waals surface area contributed by atoms with Crippen LogP contribution in [0.15, 0.2) is 66.7 Å². The van der Waals surface area contributed by atoms with E-state index in [4.69, 9.17) is 4.74 Å². The second kappa shape index (κ2) is 7.80. The number of carbonyl (C=O) groups is 1. The molecule has 3 aromatic rings. The average molecular weight is 361 g/mol. The van der Waals surface area contributed by atoms with Crippen molar-refractivity contribution in [3.8, 4) is 5.75 Å². The maximum absolute atomic E-state index is 12.8. The molecule has 4 rings (SSSR count). The van der Waals surface area contributed by atoms with Crippen molar-refractivity contribution < 1.29 is 14.4 Å². The van der Waals surface area contributed by atoms with Crippen molar-refractivity contribution in [2.24, 2.45) is 0 Å². The summed E-state index contributed by atoms with van der Waals surface area (Å²) in [6, 6.07) is 22.5. The second-order valence-corrected chi connectivity index (χ2v) is 7.09. The lowest BCUT2D eigenvalue weighted by Crippen LogP contribution is -3.13. The summed E-state index contributed by atoms with van der Waals surface area (Å²) in [7, 11) is 1.62. The summed E-state index contributed by atoms with van der Waals surface area (Å²) in [6.07, 6.45) is 0. The van der Waals surface area contributed by atoms with Crippen LogP contribution in [-0.2, 0) is 6.54 Å². The molecular formula is C23H25N2O2+. The van der Waals surface area contributed by atoms with Crippen LogP contribution in [0.2, 0.25) is 0 Å². The number of methoxy groups -OCH3 is 1. The van der Waals surface area contributed by atoms with Gasteiger partial charge in [0, 0.05) is 11.1 Å². The molecule has 27 heavy (non-hydrogen) atoms. The van der Waals surface area contributed by atoms with Gasteiger partial charge in [0.25, 0.3) is 5.91 Å². The van der Waals surface area contributed by atoms with Crippen molar-refractivity contribution >= 4 is 16.7 Å². The minimum absolute atomic E-state index is 0.0955. The molecule has 1 aliphatic heterocycles. The molecular weight excluding hydrogens is 336 g/mol. The number of rotatable bonds is 4. The van der Waals surface area contributed by atoms with Gasteiger partial charge in [-0.05, 0) is 29.0 Å². The van der Waals surface area contributed by atoms with Crippen molar-refractivity contribution in [2.45, 2.75) is 6.54 Å². The number of quaternary nitrogens is 1. The highest BCUT2D eigenvalue weighted by Crippen LogP contribution is 2.18. The van der Waals surface area contributed by atoms with E-state index in [-0.39, 0.29) is 5.91 Å². The van der Waals surface area contributed by atoms with Gasteiger partial charge in [-0.25, -0.2) is 0 Å². The van der Waals surface area contributed by atoms with E-state index in [2.05, 4.69) is 42.5 Å². The number of hydrogen-bond acceptors (Lipinski definition) is 2. The lowest BCUT2D eigenvalue weighted by atomic mass is 10.0. The molecule has 3 aromatic carbocycles. The normalized spacial score (nSPS) is 15.1. The smallest absolute Gasteiger partial charge is 0.254 e. The van der Waals surface area contributed by atoms with Gasteiger partial charge in [0.2, 0.25) is 0 Å². The zero-order chi connectivity index (χ0) is 18.6. The quantitative estimate of drug-likeness (QED) is 0.774. The van der Waals surface area contributed by atoms with Crippen molar-refractivity contribution in [2.75, 3.05) is 33.3 Å². The van der Waals surface area contributed by atoms with Crippen LogP contribution in [0, 0.1) is 0 Å². The van der Waals surface area contributed by atoms with E-state index >= 15 is 0 Å². The van der Waals surface area contributed by atoms with Crippen LogP contribution in [0.25, 0.3) is 10.8 Å². The Morgan fingerprint density at radius 2 is 1.74 bits per heavy atom. The lowest BCUT2D eigenvalue weighted by Gasteiger charge is -2.32. The summed E-state index contributed by atoms with van der Waals surface area (Å²) in [4.78, 5) is 16.3. The Hall–Kier alpha value is -2.85. The number of hydrogen-bond donors (Lipinski definition) is 1. The number of amides is 1. The van der Waals surface area contributed by atoms with Crippen molar-refractivity contribution in [1.29, 1.82) is 0 Å². The molecule has 1 fully saturated rings. The van der Waals surface area contributed by atoms with Gasteiger partial charge in [0.15, 0.2) is 0 Å². The lowest BCUT2D eigenvalue weighted by molar-refractivity contribution is -0.917. The Labute approximate surface area is 160 Å². The average Bonchev–Trinajstić information content (AvgIpc) is 2.74. The summed E-state index contributed by atoms with van der Waals surface area (Å²) in [6.45, 7) is 4.52. The number of nitrogens with one attached hydrogen (secondary N) is 1. The summed E-state index contributed by atoms with van der Waals surface area (Å²) in [5.74, 6) is 0.819. The van der Waals surface area contributed by atoms with Crippen molar-refractivity contribution in [1.82, 2.24) is 4.90 Å². The molecule has 0 bridgehead atoms. The van der Waals surface area contributed by atoms with Crippen LogP contribution in [0.5, 0.6) is 5.75 Å². The van der Waals surface area contributed by atoms with E-state index < -0.39 is 0 Å². The van der Waals surface area contributed by atoms with Crippen LogP contribution in [0.4, 0.5) is 0 Å². The number of benzene rings is 3. The molecule has 0 aliphatic carbocycles. The first-order chi connectivity index (χ1) is 13.2. The molecule has 0 radical (unpaired) electrons. The van der Waals surface area contributed by atoms with Crippen LogP contribution < -0.4 is 9.64 Å². The Balaban J connectivity index is 1.40. The number of carbonyl (C=O) groups excluding carboxylic acids is 1. The molecule has 0 unspecified atom stereocenters. The van der Waals surface area contributed by atoms with E-state index in [9.17, 15) is 4.79 Å². The molecule has 1 aliphatic rings. The SMILES string of the molecule is COc1cccc(C(=O)N2CC[NH+](Cc3cccc4ccccc34)CC2)c1. The summed E-state index contributed by atoms with van der Waals surface area (Å²) < 4.78 is 5.24. The van der Waals surface area contributed by atoms with E-state index in [1.54, 1.807) is 7.11 Å². The van der Waals surface area contributed by atoms with Gasteiger partial charge in [-0.15, -0.1) is 0 Å². The molecule has 138 valence electrons. The largest absolute Gasteiger partial charge is 0.497 e. The number of ether oxygens (including phenoxy) is 1. The third kappa shape index (κ3) is 3.81. The molecule has 4 nitrogen and oxygen atoms in total. The molecule has 0 aromatic heterocycles. The first-order valence-corrected chi connectivity index (χ1v) is 9.48. The molecule has 0 spiro atoms. The van der Waals surface area contributed by atoms with Crippen LogP contribution in [0.1, 0.15) is 15.9 Å². The molecule has 1 heterocycles. The fourth-order valence-electron chi connectivity index (χ4n) is 3.86. The Morgan fingerprint density at radius 1 is 1.00 bits per heavy atom. The third-order valence-electron chi connectivity index (χ3n) is 5.39. The fourth-order valence-corrected chi connectivity index (χ4v) is 3.86. The van der Waals surface area contributed by atoms with Gasteiger partial charge >= 0.3 is 0 Å². The summed E-state index contributed by atoms with van der Waals surface area (Å²) >= 11 is 0. The molecule has 4 heteroatoms. The van der Waals surface area contributed by atoms with E-state index in [0.717, 1.165) is 38.5 Å². The van der Waals surface area contributed by atoms with Gasteiger partial charge in [-0.2, -0.15) is 0 Å². The van der Waals surface area contributed by atoms with E-state index in [1.165, 1.54) is 21.2 Å². The van der Waals surface area contributed by atoms with Crippen molar-refractivity contribution in [3.05, 3.63) is 77.9 Å². The van der Waals surface area contributed by atoms with Crippen LogP contribution >= 0.6 is 0 Å². The summed E-state index contributed by atoms with van der Waals surface area (Å²) in [5.41, 5.74) is 2.09. The number of fused-ring (bicyclic) bond motifs is 1. The van der Waals surface area contributed by atoms with E-state index in [0.29, 0.717) is 5.56 Å². The zero-order valence-electron chi connectivity index (χ0n) is 15.7. The maximum Gasteiger partial charge on any atom is 0.254 e. The Kier molecular flexibility index (Phi) is 5.07. The fraction of sp³-hybridized carbons (Fsp3) is 0.261.